The van der Waals surface area contributed by atoms with Crippen LogP contribution >= 0.6 is 11.6 Å². The topological polar surface area (TPSA) is 97.1 Å². The number of carbonyl (C=O) groups excluding carboxylic acids is 2. The fourth-order valence-corrected chi connectivity index (χ4v) is 3.25. The fraction of sp³-hybridized carbons (Fsp3) is 0.120. The number of hydrogen-bond donors (Lipinski definition) is 2. The van der Waals surface area contributed by atoms with Gasteiger partial charge in [0, 0.05) is 29.1 Å². The lowest BCUT2D eigenvalue weighted by molar-refractivity contribution is -0.116. The van der Waals surface area contributed by atoms with Crippen molar-refractivity contribution in [2.45, 2.75) is 19.8 Å². The number of aryl methyl sites for hydroxylation is 2. The highest BCUT2D eigenvalue weighted by Crippen LogP contribution is 2.21. The normalized spacial score (nSPS) is 10.6. The molecule has 8 heteroatoms. The predicted octanol–water partition coefficient (Wildman–Crippen LogP) is 5.52. The summed E-state index contributed by atoms with van der Waals surface area (Å²) in [6, 6.07) is 21.3. The van der Waals surface area contributed by atoms with E-state index in [1.165, 1.54) is 0 Å². The average Bonchev–Trinajstić information content (AvgIpc) is 3.29. The van der Waals surface area contributed by atoms with Crippen molar-refractivity contribution in [3.8, 4) is 11.5 Å². The molecule has 0 fully saturated rings. The minimum atomic E-state index is -0.340. The predicted molar refractivity (Wildman–Crippen MR) is 127 cm³/mol. The average molecular weight is 461 g/mol. The summed E-state index contributed by atoms with van der Waals surface area (Å²) in [6.45, 7) is 2.00. The minimum Gasteiger partial charge on any atom is -0.421 e. The van der Waals surface area contributed by atoms with Crippen LogP contribution in [0.2, 0.25) is 5.02 Å². The summed E-state index contributed by atoms with van der Waals surface area (Å²) in [5, 5.41) is 14.2. The van der Waals surface area contributed by atoms with Crippen LogP contribution in [0.4, 0.5) is 11.4 Å². The van der Waals surface area contributed by atoms with Crippen molar-refractivity contribution < 1.29 is 14.0 Å². The maximum Gasteiger partial charge on any atom is 0.257 e. The van der Waals surface area contributed by atoms with Crippen LogP contribution in [0.1, 0.15) is 28.2 Å². The van der Waals surface area contributed by atoms with Gasteiger partial charge in [0.05, 0.1) is 11.3 Å². The van der Waals surface area contributed by atoms with Gasteiger partial charge >= 0.3 is 0 Å². The molecule has 2 amide bonds. The first-order valence-electron chi connectivity index (χ1n) is 10.3. The summed E-state index contributed by atoms with van der Waals surface area (Å²) in [7, 11) is 0. The molecule has 0 unspecified atom stereocenters. The van der Waals surface area contributed by atoms with E-state index in [0.717, 1.165) is 11.1 Å². The minimum absolute atomic E-state index is 0.128. The number of carbonyl (C=O) groups is 2. The van der Waals surface area contributed by atoms with Crippen molar-refractivity contribution in [2.75, 3.05) is 10.6 Å². The van der Waals surface area contributed by atoms with E-state index in [4.69, 9.17) is 16.0 Å². The molecule has 0 atom stereocenters. The van der Waals surface area contributed by atoms with Gasteiger partial charge in [-0.05, 0) is 55.5 Å². The molecule has 0 aliphatic carbocycles. The SMILES string of the molecule is Cc1ccc(-c2nnc(CCC(=O)Nc3ccccc3C(=O)Nc3ccc(Cl)cc3)o2)cc1. The number of hydrogen-bond acceptors (Lipinski definition) is 5. The summed E-state index contributed by atoms with van der Waals surface area (Å²) in [4.78, 5) is 25.2. The van der Waals surface area contributed by atoms with Crippen LogP contribution in [0.3, 0.4) is 0 Å². The molecule has 166 valence electrons. The molecule has 0 bridgehead atoms. The molecule has 2 N–H and O–H groups in total. The maximum absolute atomic E-state index is 12.7. The van der Waals surface area contributed by atoms with Crippen molar-refractivity contribution in [1.29, 1.82) is 0 Å². The van der Waals surface area contributed by atoms with Gasteiger partial charge in [0.15, 0.2) is 0 Å². The van der Waals surface area contributed by atoms with Crippen molar-refractivity contribution >= 4 is 34.8 Å². The second-order valence-electron chi connectivity index (χ2n) is 7.42. The Morgan fingerprint density at radius 3 is 2.39 bits per heavy atom. The Bertz CT molecular complexity index is 1270. The summed E-state index contributed by atoms with van der Waals surface area (Å²) < 4.78 is 5.67. The third-order valence-electron chi connectivity index (χ3n) is 4.88. The van der Waals surface area contributed by atoms with Crippen LogP contribution < -0.4 is 10.6 Å². The van der Waals surface area contributed by atoms with Gasteiger partial charge in [-0.1, -0.05) is 41.4 Å². The first kappa shape index (κ1) is 22.2. The molecule has 0 spiro atoms. The molecule has 1 heterocycles. The van der Waals surface area contributed by atoms with E-state index in [2.05, 4.69) is 20.8 Å². The van der Waals surface area contributed by atoms with Gasteiger partial charge in [-0.15, -0.1) is 10.2 Å². The second kappa shape index (κ2) is 10.1. The summed E-state index contributed by atoms with van der Waals surface area (Å²) in [5.41, 5.74) is 3.33. The van der Waals surface area contributed by atoms with E-state index in [0.29, 0.717) is 33.7 Å². The molecule has 0 aliphatic heterocycles. The van der Waals surface area contributed by atoms with Gasteiger partial charge in [-0.25, -0.2) is 0 Å². The van der Waals surface area contributed by atoms with Crippen LogP contribution in [0, 0.1) is 6.92 Å². The van der Waals surface area contributed by atoms with E-state index >= 15 is 0 Å². The second-order valence-corrected chi connectivity index (χ2v) is 7.86. The molecule has 33 heavy (non-hydrogen) atoms. The maximum atomic E-state index is 12.7. The van der Waals surface area contributed by atoms with Crippen LogP contribution in [-0.2, 0) is 11.2 Å². The quantitative estimate of drug-likeness (QED) is 0.378. The molecule has 0 saturated heterocycles. The highest BCUT2D eigenvalue weighted by atomic mass is 35.5. The Kier molecular flexibility index (Phi) is 6.80. The molecular formula is C25H21ClN4O3. The van der Waals surface area contributed by atoms with E-state index < -0.39 is 0 Å². The first-order chi connectivity index (χ1) is 16.0. The third kappa shape index (κ3) is 5.84. The van der Waals surface area contributed by atoms with Crippen molar-refractivity contribution in [2.24, 2.45) is 0 Å². The zero-order valence-electron chi connectivity index (χ0n) is 17.8. The lowest BCUT2D eigenvalue weighted by Gasteiger charge is -2.11. The number of para-hydroxylation sites is 1. The van der Waals surface area contributed by atoms with E-state index in [9.17, 15) is 9.59 Å². The molecule has 0 radical (unpaired) electrons. The van der Waals surface area contributed by atoms with Crippen LogP contribution in [0.5, 0.6) is 0 Å². The summed E-state index contributed by atoms with van der Waals surface area (Å²) in [6.07, 6.45) is 0.409. The number of nitrogens with zero attached hydrogens (tertiary/aromatic N) is 2. The lowest BCUT2D eigenvalue weighted by Crippen LogP contribution is -2.18. The van der Waals surface area contributed by atoms with Crippen molar-refractivity contribution in [3.05, 3.63) is 94.8 Å². The number of amides is 2. The number of rotatable bonds is 7. The zero-order chi connectivity index (χ0) is 23.2. The molecular weight excluding hydrogens is 440 g/mol. The first-order valence-corrected chi connectivity index (χ1v) is 10.7. The molecule has 4 rings (SSSR count). The largest absolute Gasteiger partial charge is 0.421 e. The summed E-state index contributed by atoms with van der Waals surface area (Å²) in [5.74, 6) is 0.175. The molecule has 3 aromatic carbocycles. The molecule has 1 aromatic heterocycles. The lowest BCUT2D eigenvalue weighted by atomic mass is 10.1. The molecule has 4 aromatic rings. The number of halogens is 1. The van der Waals surface area contributed by atoms with Gasteiger partial charge in [0.1, 0.15) is 0 Å². The Labute approximate surface area is 195 Å². The smallest absolute Gasteiger partial charge is 0.257 e. The van der Waals surface area contributed by atoms with Crippen LogP contribution in [0.25, 0.3) is 11.5 Å². The van der Waals surface area contributed by atoms with E-state index in [1.807, 2.05) is 31.2 Å². The van der Waals surface area contributed by atoms with Crippen LogP contribution in [-0.4, -0.2) is 22.0 Å². The van der Waals surface area contributed by atoms with Crippen molar-refractivity contribution in [3.63, 3.8) is 0 Å². The molecule has 7 nitrogen and oxygen atoms in total. The Morgan fingerprint density at radius 2 is 1.64 bits per heavy atom. The Balaban J connectivity index is 1.37. The highest BCUT2D eigenvalue weighted by Gasteiger charge is 2.15. The molecule has 0 aliphatic rings. The standard InChI is InChI=1S/C25H21ClN4O3/c1-16-6-8-17(9-7-16)25-30-29-23(33-25)15-14-22(31)28-21-5-3-2-4-20(21)24(32)27-19-12-10-18(26)11-13-19/h2-13H,14-15H2,1H3,(H,27,32)(H,28,31). The van der Waals surface area contributed by atoms with Gasteiger partial charge in [0.2, 0.25) is 17.7 Å². The number of nitrogens with one attached hydrogen (secondary N) is 2. The van der Waals surface area contributed by atoms with Gasteiger partial charge < -0.3 is 15.1 Å². The van der Waals surface area contributed by atoms with Gasteiger partial charge in [0.25, 0.3) is 5.91 Å². The van der Waals surface area contributed by atoms with Crippen LogP contribution in [0.15, 0.2) is 77.2 Å². The number of aromatic nitrogens is 2. The van der Waals surface area contributed by atoms with Gasteiger partial charge in [-0.3, -0.25) is 9.59 Å². The van der Waals surface area contributed by atoms with Crippen molar-refractivity contribution in [1.82, 2.24) is 10.2 Å². The van der Waals surface area contributed by atoms with E-state index in [-0.39, 0.29) is 24.7 Å². The Morgan fingerprint density at radius 1 is 0.909 bits per heavy atom. The molecule has 0 saturated carbocycles. The Hall–Kier alpha value is -3.97. The van der Waals surface area contributed by atoms with Gasteiger partial charge in [-0.2, -0.15) is 0 Å². The number of benzene rings is 3. The monoisotopic (exact) mass is 460 g/mol. The number of anilines is 2. The summed E-state index contributed by atoms with van der Waals surface area (Å²) >= 11 is 5.88. The highest BCUT2D eigenvalue weighted by molar-refractivity contribution is 6.30. The zero-order valence-corrected chi connectivity index (χ0v) is 18.6. The van der Waals surface area contributed by atoms with E-state index in [1.54, 1.807) is 48.5 Å². The fourth-order valence-electron chi connectivity index (χ4n) is 3.12. The third-order valence-corrected chi connectivity index (χ3v) is 5.13.